The lowest BCUT2D eigenvalue weighted by Crippen LogP contribution is -2.24. The normalized spacial score (nSPS) is 12.7. The van der Waals surface area contributed by atoms with Crippen LogP contribution in [0.25, 0.3) is 6.08 Å². The number of rotatable bonds is 6. The van der Waals surface area contributed by atoms with Crippen LogP contribution in [0.1, 0.15) is 24.1 Å². The molecule has 136 valence electrons. The van der Waals surface area contributed by atoms with Crippen molar-refractivity contribution in [3.63, 3.8) is 0 Å². The van der Waals surface area contributed by atoms with Crippen LogP contribution in [-0.2, 0) is 14.8 Å². The summed E-state index contributed by atoms with van der Waals surface area (Å²) in [5, 5.41) is 18.7. The molecule has 0 aliphatic heterocycles. The first-order valence-corrected chi connectivity index (χ1v) is 9.08. The van der Waals surface area contributed by atoms with Gasteiger partial charge in [-0.05, 0) is 36.8 Å². The predicted octanol–water partition coefficient (Wildman–Crippen LogP) is 2.13. The standard InChI is InChI=1S/C17H17N3O5S/c1-12(13-6-9-15(10-7-13)26(18,24)25)19-17(21)11-8-14-4-2-3-5-16(14)20(22)23/h2-12H,1H3,(H,19,21)(H2,18,24,25)/b11-8+. The molecular formula is C17H17N3O5S. The van der Waals surface area contributed by atoms with Gasteiger partial charge in [0.05, 0.1) is 21.4 Å². The Bertz CT molecular complexity index is 953. The van der Waals surface area contributed by atoms with E-state index in [1.165, 1.54) is 36.4 Å². The first-order chi connectivity index (χ1) is 12.2. The van der Waals surface area contributed by atoms with Crippen LogP contribution >= 0.6 is 0 Å². The molecule has 0 saturated carbocycles. The summed E-state index contributed by atoms with van der Waals surface area (Å²) in [6.45, 7) is 1.72. The van der Waals surface area contributed by atoms with E-state index in [1.807, 2.05) is 0 Å². The molecule has 1 amide bonds. The van der Waals surface area contributed by atoms with Crippen molar-refractivity contribution in [1.82, 2.24) is 5.32 Å². The summed E-state index contributed by atoms with van der Waals surface area (Å²) in [6.07, 6.45) is 2.57. The second-order valence-electron chi connectivity index (χ2n) is 5.49. The second-order valence-corrected chi connectivity index (χ2v) is 7.06. The van der Waals surface area contributed by atoms with Gasteiger partial charge in [-0.1, -0.05) is 24.3 Å². The van der Waals surface area contributed by atoms with Crippen molar-refractivity contribution in [2.75, 3.05) is 0 Å². The minimum Gasteiger partial charge on any atom is -0.346 e. The summed E-state index contributed by atoms with van der Waals surface area (Å²) in [7, 11) is -3.77. The molecule has 8 nitrogen and oxygen atoms in total. The average Bonchev–Trinajstić information content (AvgIpc) is 2.59. The first kappa shape index (κ1) is 19.3. The van der Waals surface area contributed by atoms with Gasteiger partial charge in [0.25, 0.3) is 5.69 Å². The average molecular weight is 375 g/mol. The van der Waals surface area contributed by atoms with Crippen LogP contribution in [0.3, 0.4) is 0 Å². The van der Waals surface area contributed by atoms with Crippen LogP contribution < -0.4 is 10.5 Å². The third kappa shape index (κ3) is 4.98. The molecule has 0 aliphatic rings. The highest BCUT2D eigenvalue weighted by molar-refractivity contribution is 7.89. The SMILES string of the molecule is CC(NC(=O)/C=C/c1ccccc1[N+](=O)[O-])c1ccc(S(N)(=O)=O)cc1. The van der Waals surface area contributed by atoms with Crippen LogP contribution in [0.15, 0.2) is 59.5 Å². The maximum atomic E-state index is 12.0. The van der Waals surface area contributed by atoms with Gasteiger partial charge in [-0.3, -0.25) is 14.9 Å². The number of hydrogen-bond donors (Lipinski definition) is 2. The van der Waals surface area contributed by atoms with Gasteiger partial charge in [-0.15, -0.1) is 0 Å². The molecule has 0 heterocycles. The van der Waals surface area contributed by atoms with E-state index in [0.717, 1.165) is 0 Å². The van der Waals surface area contributed by atoms with Crippen LogP contribution in [0.5, 0.6) is 0 Å². The fraction of sp³-hybridized carbons (Fsp3) is 0.118. The Morgan fingerprint density at radius 1 is 1.19 bits per heavy atom. The minimum absolute atomic E-state index is 0.0175. The molecule has 0 fully saturated rings. The van der Waals surface area contributed by atoms with Crippen molar-refractivity contribution in [2.24, 2.45) is 5.14 Å². The number of sulfonamides is 1. The van der Waals surface area contributed by atoms with Gasteiger partial charge in [-0.25, -0.2) is 13.6 Å². The van der Waals surface area contributed by atoms with Crippen LogP contribution in [0, 0.1) is 10.1 Å². The van der Waals surface area contributed by atoms with Gasteiger partial charge in [0.15, 0.2) is 0 Å². The maximum Gasteiger partial charge on any atom is 0.276 e. The molecule has 9 heteroatoms. The number of nitrogens with two attached hydrogens (primary N) is 1. The van der Waals surface area contributed by atoms with E-state index < -0.39 is 26.9 Å². The number of nitro benzene ring substituents is 1. The third-order valence-corrected chi connectivity index (χ3v) is 4.54. The summed E-state index contributed by atoms with van der Waals surface area (Å²) in [5.41, 5.74) is 0.908. The Morgan fingerprint density at radius 3 is 2.38 bits per heavy atom. The number of nitrogens with one attached hydrogen (secondary N) is 1. The van der Waals surface area contributed by atoms with Crippen molar-refractivity contribution in [3.8, 4) is 0 Å². The van der Waals surface area contributed by atoms with Gasteiger partial charge in [0.2, 0.25) is 15.9 Å². The van der Waals surface area contributed by atoms with Crippen molar-refractivity contribution < 1.29 is 18.1 Å². The molecule has 0 aliphatic carbocycles. The van der Waals surface area contributed by atoms with Gasteiger partial charge >= 0.3 is 0 Å². The molecule has 0 bridgehead atoms. The van der Waals surface area contributed by atoms with Crippen LogP contribution in [0.2, 0.25) is 0 Å². The number of nitrogens with zero attached hydrogens (tertiary/aromatic N) is 1. The van der Waals surface area contributed by atoms with E-state index in [4.69, 9.17) is 5.14 Å². The zero-order chi connectivity index (χ0) is 19.3. The van der Waals surface area contributed by atoms with Crippen molar-refractivity contribution >= 4 is 27.7 Å². The second kappa shape index (κ2) is 7.89. The van der Waals surface area contributed by atoms with E-state index in [2.05, 4.69) is 5.32 Å². The summed E-state index contributed by atoms with van der Waals surface area (Å²) in [6, 6.07) is 11.5. The molecule has 0 aromatic heterocycles. The Balaban J connectivity index is 2.07. The molecule has 1 unspecified atom stereocenters. The number of benzene rings is 2. The first-order valence-electron chi connectivity index (χ1n) is 7.53. The Hall–Kier alpha value is -3.04. The number of hydrogen-bond acceptors (Lipinski definition) is 5. The molecular weight excluding hydrogens is 358 g/mol. The lowest BCUT2D eigenvalue weighted by atomic mass is 10.1. The van der Waals surface area contributed by atoms with E-state index in [-0.39, 0.29) is 10.6 Å². The number of carbonyl (C=O) groups excluding carboxylic acids is 1. The predicted molar refractivity (Wildman–Crippen MR) is 96.5 cm³/mol. The summed E-state index contributed by atoms with van der Waals surface area (Å²) < 4.78 is 22.5. The summed E-state index contributed by atoms with van der Waals surface area (Å²) in [5.74, 6) is -0.439. The Kier molecular flexibility index (Phi) is 5.86. The van der Waals surface area contributed by atoms with Crippen molar-refractivity contribution in [2.45, 2.75) is 17.9 Å². The summed E-state index contributed by atoms with van der Waals surface area (Å²) in [4.78, 5) is 22.4. The topological polar surface area (TPSA) is 132 Å². The molecule has 2 aromatic rings. The van der Waals surface area contributed by atoms with Gasteiger partial charge in [0, 0.05) is 12.1 Å². The quantitative estimate of drug-likeness (QED) is 0.453. The zero-order valence-electron chi connectivity index (χ0n) is 13.8. The van der Waals surface area contributed by atoms with Crippen molar-refractivity contribution in [1.29, 1.82) is 0 Å². The fourth-order valence-corrected chi connectivity index (χ4v) is 2.77. The highest BCUT2D eigenvalue weighted by atomic mass is 32.2. The molecule has 0 spiro atoms. The molecule has 26 heavy (non-hydrogen) atoms. The molecule has 1 atom stereocenters. The Labute approximate surface area is 150 Å². The minimum atomic E-state index is -3.77. The van der Waals surface area contributed by atoms with E-state index in [0.29, 0.717) is 11.1 Å². The number of amides is 1. The van der Waals surface area contributed by atoms with E-state index >= 15 is 0 Å². The largest absolute Gasteiger partial charge is 0.346 e. The smallest absolute Gasteiger partial charge is 0.276 e. The van der Waals surface area contributed by atoms with E-state index in [9.17, 15) is 23.3 Å². The summed E-state index contributed by atoms with van der Waals surface area (Å²) >= 11 is 0. The van der Waals surface area contributed by atoms with Gasteiger partial charge < -0.3 is 5.32 Å². The third-order valence-electron chi connectivity index (χ3n) is 3.62. The molecule has 0 saturated heterocycles. The molecule has 0 radical (unpaired) electrons. The van der Waals surface area contributed by atoms with Gasteiger partial charge in [0.1, 0.15) is 0 Å². The van der Waals surface area contributed by atoms with Crippen LogP contribution in [0.4, 0.5) is 5.69 Å². The number of para-hydroxylation sites is 1. The Morgan fingerprint density at radius 2 is 1.81 bits per heavy atom. The van der Waals surface area contributed by atoms with E-state index in [1.54, 1.807) is 31.2 Å². The van der Waals surface area contributed by atoms with Crippen molar-refractivity contribution in [3.05, 3.63) is 75.8 Å². The van der Waals surface area contributed by atoms with Crippen LogP contribution in [-0.4, -0.2) is 19.2 Å². The number of primary sulfonamides is 1. The fourth-order valence-electron chi connectivity index (χ4n) is 2.25. The number of nitro groups is 1. The highest BCUT2D eigenvalue weighted by Gasteiger charge is 2.12. The zero-order valence-corrected chi connectivity index (χ0v) is 14.6. The monoisotopic (exact) mass is 375 g/mol. The molecule has 2 rings (SSSR count). The lowest BCUT2D eigenvalue weighted by Gasteiger charge is -2.13. The lowest BCUT2D eigenvalue weighted by molar-refractivity contribution is -0.385. The number of carbonyl (C=O) groups is 1. The maximum absolute atomic E-state index is 12.0. The molecule has 2 aromatic carbocycles. The molecule has 3 N–H and O–H groups in total. The van der Waals surface area contributed by atoms with Gasteiger partial charge in [-0.2, -0.15) is 0 Å². The highest BCUT2D eigenvalue weighted by Crippen LogP contribution is 2.19.